The molecule has 1 saturated heterocycles. The summed E-state index contributed by atoms with van der Waals surface area (Å²) >= 11 is 6.30. The molecule has 0 aromatic heterocycles. The van der Waals surface area contributed by atoms with Crippen molar-refractivity contribution in [3.63, 3.8) is 0 Å². The SMILES string of the molecule is COc1ccc(CNC(=O)C2CCN(c3c(Cl)cccc3C#N)CC2)cc1. The molecule has 1 aliphatic heterocycles. The number of hydrogen-bond donors (Lipinski definition) is 1. The van der Waals surface area contributed by atoms with Gasteiger partial charge in [0, 0.05) is 25.6 Å². The van der Waals surface area contributed by atoms with Gasteiger partial charge in [0.15, 0.2) is 0 Å². The summed E-state index contributed by atoms with van der Waals surface area (Å²) < 4.78 is 5.14. The number of carbonyl (C=O) groups excluding carboxylic acids is 1. The van der Waals surface area contributed by atoms with Crippen LogP contribution in [0.5, 0.6) is 5.75 Å². The van der Waals surface area contributed by atoms with Gasteiger partial charge in [0.1, 0.15) is 11.8 Å². The van der Waals surface area contributed by atoms with Crippen molar-refractivity contribution in [1.82, 2.24) is 5.32 Å². The second kappa shape index (κ2) is 8.79. The highest BCUT2D eigenvalue weighted by Crippen LogP contribution is 2.32. The van der Waals surface area contributed by atoms with Crippen molar-refractivity contribution in [1.29, 1.82) is 5.26 Å². The van der Waals surface area contributed by atoms with Crippen molar-refractivity contribution in [2.75, 3.05) is 25.1 Å². The third-order valence-corrected chi connectivity index (χ3v) is 5.22. The minimum Gasteiger partial charge on any atom is -0.497 e. The number of piperidine rings is 1. The van der Waals surface area contributed by atoms with Crippen LogP contribution in [-0.4, -0.2) is 26.1 Å². The zero-order chi connectivity index (χ0) is 19.2. The minimum absolute atomic E-state index is 0.0208. The Morgan fingerprint density at radius 3 is 2.59 bits per heavy atom. The molecule has 1 amide bonds. The quantitative estimate of drug-likeness (QED) is 0.853. The Morgan fingerprint density at radius 2 is 1.96 bits per heavy atom. The van der Waals surface area contributed by atoms with E-state index in [1.54, 1.807) is 25.3 Å². The minimum atomic E-state index is -0.0208. The molecule has 0 radical (unpaired) electrons. The van der Waals surface area contributed by atoms with E-state index in [1.165, 1.54) is 0 Å². The van der Waals surface area contributed by atoms with Gasteiger partial charge in [-0.3, -0.25) is 4.79 Å². The Kier molecular flexibility index (Phi) is 6.20. The van der Waals surface area contributed by atoms with Gasteiger partial charge in [-0.15, -0.1) is 0 Å². The number of nitriles is 1. The van der Waals surface area contributed by atoms with Crippen molar-refractivity contribution in [2.24, 2.45) is 5.92 Å². The average molecular weight is 384 g/mol. The molecule has 0 spiro atoms. The first-order chi connectivity index (χ1) is 13.1. The van der Waals surface area contributed by atoms with Gasteiger partial charge < -0.3 is 15.0 Å². The molecule has 2 aromatic rings. The Bertz CT molecular complexity index is 837. The predicted octanol–water partition coefficient (Wildman–Crippen LogP) is 3.75. The Hall–Kier alpha value is -2.71. The molecule has 1 heterocycles. The van der Waals surface area contributed by atoms with Crippen LogP contribution < -0.4 is 15.0 Å². The molecule has 0 aliphatic carbocycles. The van der Waals surface area contributed by atoms with Crippen LogP contribution in [-0.2, 0) is 11.3 Å². The number of anilines is 1. The van der Waals surface area contributed by atoms with E-state index in [1.807, 2.05) is 24.3 Å². The molecule has 0 atom stereocenters. The first-order valence-corrected chi connectivity index (χ1v) is 9.34. The van der Waals surface area contributed by atoms with Crippen LogP contribution in [0.4, 0.5) is 5.69 Å². The number of halogens is 1. The maximum atomic E-state index is 12.5. The summed E-state index contributed by atoms with van der Waals surface area (Å²) in [5.74, 6) is 0.853. The van der Waals surface area contributed by atoms with Gasteiger partial charge in [0.05, 0.1) is 23.4 Å². The number of hydrogen-bond acceptors (Lipinski definition) is 4. The molecule has 0 bridgehead atoms. The highest BCUT2D eigenvalue weighted by molar-refractivity contribution is 6.33. The van der Waals surface area contributed by atoms with Gasteiger partial charge in [0.25, 0.3) is 0 Å². The largest absolute Gasteiger partial charge is 0.497 e. The van der Waals surface area contributed by atoms with Crippen molar-refractivity contribution < 1.29 is 9.53 Å². The van der Waals surface area contributed by atoms with Crippen LogP contribution in [0.15, 0.2) is 42.5 Å². The van der Waals surface area contributed by atoms with E-state index in [2.05, 4.69) is 16.3 Å². The van der Waals surface area contributed by atoms with E-state index in [9.17, 15) is 10.1 Å². The highest BCUT2D eigenvalue weighted by atomic mass is 35.5. The lowest BCUT2D eigenvalue weighted by Crippen LogP contribution is -2.40. The number of nitrogens with one attached hydrogen (secondary N) is 1. The summed E-state index contributed by atoms with van der Waals surface area (Å²) in [6.45, 7) is 1.92. The van der Waals surface area contributed by atoms with Crippen molar-refractivity contribution >= 4 is 23.2 Å². The van der Waals surface area contributed by atoms with Crippen molar-refractivity contribution in [3.8, 4) is 11.8 Å². The lowest BCUT2D eigenvalue weighted by atomic mass is 9.95. The fourth-order valence-electron chi connectivity index (χ4n) is 3.37. The zero-order valence-corrected chi connectivity index (χ0v) is 16.0. The monoisotopic (exact) mass is 383 g/mol. The van der Waals surface area contributed by atoms with Crippen molar-refractivity contribution in [2.45, 2.75) is 19.4 Å². The number of benzene rings is 2. The third kappa shape index (κ3) is 4.53. The summed E-state index contributed by atoms with van der Waals surface area (Å²) in [5, 5.41) is 12.9. The first-order valence-electron chi connectivity index (χ1n) is 8.96. The smallest absolute Gasteiger partial charge is 0.223 e. The van der Waals surface area contributed by atoms with E-state index in [0.717, 1.165) is 29.8 Å². The maximum Gasteiger partial charge on any atom is 0.223 e. The molecule has 140 valence electrons. The molecule has 1 N–H and O–H groups in total. The van der Waals surface area contributed by atoms with Crippen LogP contribution in [0.2, 0.25) is 5.02 Å². The van der Waals surface area contributed by atoms with Gasteiger partial charge in [-0.2, -0.15) is 5.26 Å². The van der Waals surface area contributed by atoms with Gasteiger partial charge >= 0.3 is 0 Å². The highest BCUT2D eigenvalue weighted by Gasteiger charge is 2.27. The lowest BCUT2D eigenvalue weighted by Gasteiger charge is -2.34. The van der Waals surface area contributed by atoms with E-state index in [4.69, 9.17) is 16.3 Å². The van der Waals surface area contributed by atoms with Gasteiger partial charge in [-0.25, -0.2) is 0 Å². The molecule has 27 heavy (non-hydrogen) atoms. The summed E-state index contributed by atoms with van der Waals surface area (Å²) in [5.41, 5.74) is 2.39. The van der Waals surface area contributed by atoms with E-state index >= 15 is 0 Å². The Morgan fingerprint density at radius 1 is 1.26 bits per heavy atom. The Balaban J connectivity index is 1.54. The second-order valence-corrected chi connectivity index (χ2v) is 6.98. The number of amides is 1. The number of rotatable bonds is 5. The van der Waals surface area contributed by atoms with Gasteiger partial charge in [0.2, 0.25) is 5.91 Å². The fourth-order valence-corrected chi connectivity index (χ4v) is 3.66. The van der Waals surface area contributed by atoms with Crippen LogP contribution in [0.3, 0.4) is 0 Å². The van der Waals surface area contributed by atoms with Crippen LogP contribution in [0.25, 0.3) is 0 Å². The molecule has 6 heteroatoms. The number of nitrogens with zero attached hydrogens (tertiary/aromatic N) is 2. The molecule has 2 aromatic carbocycles. The maximum absolute atomic E-state index is 12.5. The molecular weight excluding hydrogens is 362 g/mol. The molecular formula is C21H22ClN3O2. The van der Waals surface area contributed by atoms with Crippen LogP contribution >= 0.6 is 11.6 Å². The van der Waals surface area contributed by atoms with E-state index in [0.29, 0.717) is 30.2 Å². The molecule has 0 saturated carbocycles. The summed E-state index contributed by atoms with van der Waals surface area (Å²) in [6.07, 6.45) is 1.48. The summed E-state index contributed by atoms with van der Waals surface area (Å²) in [6, 6.07) is 15.2. The van der Waals surface area contributed by atoms with Crippen LogP contribution in [0, 0.1) is 17.2 Å². The molecule has 1 aliphatic rings. The fraction of sp³-hybridized carbons (Fsp3) is 0.333. The predicted molar refractivity (Wildman–Crippen MR) is 106 cm³/mol. The summed E-state index contributed by atoms with van der Waals surface area (Å²) in [7, 11) is 1.63. The topological polar surface area (TPSA) is 65.4 Å². The van der Waals surface area contributed by atoms with Crippen LogP contribution in [0.1, 0.15) is 24.0 Å². The molecule has 5 nitrogen and oxygen atoms in total. The Labute approximate surface area is 164 Å². The summed E-state index contributed by atoms with van der Waals surface area (Å²) in [4.78, 5) is 14.6. The first kappa shape index (κ1) is 19.1. The normalized spacial score (nSPS) is 14.5. The molecule has 0 unspecified atom stereocenters. The zero-order valence-electron chi connectivity index (χ0n) is 15.2. The molecule has 1 fully saturated rings. The van der Waals surface area contributed by atoms with E-state index < -0.39 is 0 Å². The third-order valence-electron chi connectivity index (χ3n) is 4.92. The standard InChI is InChI=1S/C21H22ClN3O2/c1-27-18-7-5-15(6-8-18)14-24-21(26)16-9-11-25(12-10-16)20-17(13-23)3-2-4-19(20)22/h2-8,16H,9-12,14H2,1H3,(H,24,26). The molecule has 3 rings (SSSR count). The number of carbonyl (C=O) groups is 1. The van der Waals surface area contributed by atoms with E-state index in [-0.39, 0.29) is 11.8 Å². The second-order valence-electron chi connectivity index (χ2n) is 6.58. The lowest BCUT2D eigenvalue weighted by molar-refractivity contribution is -0.125. The van der Waals surface area contributed by atoms with Crippen molar-refractivity contribution in [3.05, 3.63) is 58.6 Å². The average Bonchev–Trinajstić information content (AvgIpc) is 2.72. The number of ether oxygens (including phenoxy) is 1. The van der Waals surface area contributed by atoms with Gasteiger partial charge in [-0.1, -0.05) is 29.8 Å². The number of para-hydroxylation sites is 1. The van der Waals surface area contributed by atoms with Gasteiger partial charge in [-0.05, 0) is 42.7 Å². The number of methoxy groups -OCH3 is 1.